The first kappa shape index (κ1) is 42.1. The second-order valence-electron chi connectivity index (χ2n) is 17.4. The topological polar surface area (TPSA) is 213 Å². The fourth-order valence-corrected chi connectivity index (χ4v) is 9.69. The lowest BCUT2D eigenvalue weighted by Gasteiger charge is -2.33. The van der Waals surface area contributed by atoms with Gasteiger partial charge in [0.15, 0.2) is 0 Å². The van der Waals surface area contributed by atoms with Crippen molar-refractivity contribution in [2.45, 2.75) is 102 Å². The van der Waals surface area contributed by atoms with E-state index in [2.05, 4.69) is 61.9 Å². The van der Waals surface area contributed by atoms with Crippen molar-refractivity contribution >= 4 is 51.8 Å². The van der Waals surface area contributed by atoms with Crippen molar-refractivity contribution in [3.8, 4) is 6.07 Å². The van der Waals surface area contributed by atoms with Crippen LogP contribution in [-0.4, -0.2) is 91.1 Å². The van der Waals surface area contributed by atoms with Gasteiger partial charge in [-0.25, -0.2) is 19.6 Å². The van der Waals surface area contributed by atoms with Gasteiger partial charge >= 0.3 is 12.2 Å². The first-order valence-corrected chi connectivity index (χ1v) is 21.6. The number of alkyl carbamates (subject to hydrolysis) is 1. The predicted octanol–water partition coefficient (Wildman–Crippen LogP) is 7.39. The summed E-state index contributed by atoms with van der Waals surface area (Å²) >= 11 is 0. The molecule has 3 aliphatic heterocycles. The maximum atomic E-state index is 13.8. The molecular weight excluding hydrogens is 789 g/mol. The summed E-state index contributed by atoms with van der Waals surface area (Å²) in [4.78, 5) is 74.2. The highest BCUT2D eigenvalue weighted by molar-refractivity contribution is 5.87. The van der Waals surface area contributed by atoms with Crippen molar-refractivity contribution in [3.63, 3.8) is 0 Å². The Morgan fingerprint density at radius 1 is 0.726 bits per heavy atom. The minimum atomic E-state index is -1.22. The zero-order valence-electron chi connectivity index (χ0n) is 35.7. The number of ether oxygens (including phenoxy) is 1. The number of carbonyl (C=O) groups excluding carboxylic acids is 3. The minimum Gasteiger partial charge on any atom is -0.465 e. The number of fused-ring (bicyclic) bond motifs is 2. The van der Waals surface area contributed by atoms with Gasteiger partial charge in [0.1, 0.15) is 23.7 Å². The molecule has 0 saturated carbocycles. The molecule has 0 bridgehead atoms. The third-order valence-corrected chi connectivity index (χ3v) is 12.8. The molecule has 2 aromatic heterocycles. The van der Waals surface area contributed by atoms with Gasteiger partial charge in [0.05, 0.1) is 65.0 Å². The normalized spacial score (nSPS) is 21.2. The van der Waals surface area contributed by atoms with Crippen LogP contribution in [0.1, 0.15) is 119 Å². The zero-order chi connectivity index (χ0) is 43.8. The fraction of sp³-hybridized carbons (Fsp3) is 0.457. The van der Waals surface area contributed by atoms with Crippen molar-refractivity contribution in [2.24, 2.45) is 11.8 Å². The average molecular weight is 843 g/mol. The summed E-state index contributed by atoms with van der Waals surface area (Å²) in [6, 6.07) is 20.4. The van der Waals surface area contributed by atoms with Gasteiger partial charge < -0.3 is 45.1 Å². The molecule has 324 valence electrons. The van der Waals surface area contributed by atoms with Gasteiger partial charge in [-0.15, -0.1) is 0 Å². The molecule has 0 unspecified atom stereocenters. The van der Waals surface area contributed by atoms with E-state index in [9.17, 15) is 29.5 Å². The number of likely N-dealkylation sites (tertiary alicyclic amines) is 2. The monoisotopic (exact) mass is 842 g/mol. The molecule has 3 aliphatic rings. The van der Waals surface area contributed by atoms with Crippen molar-refractivity contribution in [1.29, 1.82) is 5.26 Å². The van der Waals surface area contributed by atoms with Crippen LogP contribution < -0.4 is 15.5 Å². The van der Waals surface area contributed by atoms with Gasteiger partial charge in [-0.2, -0.15) is 5.26 Å². The van der Waals surface area contributed by atoms with Gasteiger partial charge in [-0.1, -0.05) is 39.8 Å². The Morgan fingerprint density at radius 2 is 1.27 bits per heavy atom. The third kappa shape index (κ3) is 8.11. The molecule has 3 saturated heterocycles. The molecular formula is C46H54N10O6. The summed E-state index contributed by atoms with van der Waals surface area (Å²) in [5.74, 6) is 0.644. The SMILES string of the molecule is COC(=O)N[C@H](C(=O)N1CCC[C@H]1c1nc2cc([C@H]3CC[C@H](c4ccc5nc([C@@H]6CCCN6C(=O)[C@@H](NC(=O)O)C(C)C)[nH]c5c4)N3c3ccc(C#N)cc3)ccc2[nH]1)C(C)C. The Labute approximate surface area is 360 Å². The number of carbonyl (C=O) groups is 4. The molecule has 6 atom stereocenters. The number of rotatable bonds is 11. The molecule has 3 fully saturated rings. The predicted molar refractivity (Wildman–Crippen MR) is 232 cm³/mol. The van der Waals surface area contributed by atoms with Gasteiger partial charge in [-0.3, -0.25) is 9.59 Å². The van der Waals surface area contributed by atoms with E-state index in [4.69, 9.17) is 14.7 Å². The minimum absolute atomic E-state index is 0.0152. The smallest absolute Gasteiger partial charge is 0.407 e. The Bertz CT molecular complexity index is 2520. The number of H-pyrrole nitrogens is 2. The van der Waals surface area contributed by atoms with Gasteiger partial charge in [0.25, 0.3) is 0 Å². The first-order chi connectivity index (χ1) is 29.8. The lowest BCUT2D eigenvalue weighted by atomic mass is 10.0. The lowest BCUT2D eigenvalue weighted by molar-refractivity contribution is -0.136. The first-order valence-electron chi connectivity index (χ1n) is 21.6. The number of methoxy groups -OCH3 is 1. The summed E-state index contributed by atoms with van der Waals surface area (Å²) in [6.07, 6.45) is 2.93. The van der Waals surface area contributed by atoms with Gasteiger partial charge in [0, 0.05) is 18.8 Å². The quantitative estimate of drug-likeness (QED) is 0.0889. The Hall–Kier alpha value is -6.63. The lowest BCUT2D eigenvalue weighted by Crippen LogP contribution is -2.51. The number of amides is 4. The molecule has 62 heavy (non-hydrogen) atoms. The van der Waals surface area contributed by atoms with Crippen LogP contribution in [0.15, 0.2) is 60.7 Å². The molecule has 8 rings (SSSR count). The number of aromatic nitrogens is 4. The number of nitrogens with zero attached hydrogens (tertiary/aromatic N) is 6. The number of benzene rings is 3. The number of carboxylic acid groups (broad SMARTS) is 1. The van der Waals surface area contributed by atoms with Crippen LogP contribution in [0.4, 0.5) is 15.3 Å². The van der Waals surface area contributed by atoms with Crippen LogP contribution in [-0.2, 0) is 14.3 Å². The molecule has 3 aromatic carbocycles. The molecule has 0 aliphatic carbocycles. The van der Waals surface area contributed by atoms with Crippen LogP contribution in [0.5, 0.6) is 0 Å². The maximum Gasteiger partial charge on any atom is 0.407 e. The molecule has 0 spiro atoms. The second kappa shape index (κ2) is 17.4. The number of hydrogen-bond acceptors (Lipinski definition) is 9. The van der Waals surface area contributed by atoms with Crippen LogP contribution in [0.3, 0.4) is 0 Å². The van der Waals surface area contributed by atoms with Gasteiger partial charge in [-0.05, 0) is 110 Å². The summed E-state index contributed by atoms with van der Waals surface area (Å²) in [6.45, 7) is 8.56. The van der Waals surface area contributed by atoms with E-state index in [0.29, 0.717) is 30.3 Å². The van der Waals surface area contributed by atoms with Crippen LogP contribution in [0, 0.1) is 23.2 Å². The summed E-state index contributed by atoms with van der Waals surface area (Å²) in [5, 5.41) is 24.2. The number of imidazole rings is 2. The summed E-state index contributed by atoms with van der Waals surface area (Å²) in [7, 11) is 1.29. The van der Waals surface area contributed by atoms with Crippen LogP contribution >= 0.6 is 0 Å². The van der Waals surface area contributed by atoms with E-state index in [1.54, 1.807) is 4.90 Å². The molecule has 0 radical (unpaired) electrons. The number of hydrogen-bond donors (Lipinski definition) is 5. The van der Waals surface area contributed by atoms with Crippen molar-refractivity contribution < 1.29 is 29.0 Å². The van der Waals surface area contributed by atoms with E-state index in [-0.39, 0.29) is 47.8 Å². The van der Waals surface area contributed by atoms with E-state index in [1.165, 1.54) is 7.11 Å². The van der Waals surface area contributed by atoms with E-state index < -0.39 is 24.3 Å². The van der Waals surface area contributed by atoms with E-state index in [0.717, 1.165) is 77.4 Å². The molecule has 5 heterocycles. The summed E-state index contributed by atoms with van der Waals surface area (Å²) < 4.78 is 4.81. The molecule has 16 heteroatoms. The Kier molecular flexibility index (Phi) is 11.8. The molecule has 4 amide bonds. The maximum absolute atomic E-state index is 13.8. The van der Waals surface area contributed by atoms with Crippen LogP contribution in [0.25, 0.3) is 22.1 Å². The largest absolute Gasteiger partial charge is 0.465 e. The number of anilines is 1. The zero-order valence-corrected chi connectivity index (χ0v) is 35.7. The fourth-order valence-electron chi connectivity index (χ4n) is 9.69. The van der Waals surface area contributed by atoms with E-state index >= 15 is 0 Å². The molecule has 5 aromatic rings. The van der Waals surface area contributed by atoms with E-state index in [1.807, 2.05) is 62.9 Å². The Morgan fingerprint density at radius 3 is 1.84 bits per heavy atom. The highest BCUT2D eigenvalue weighted by Crippen LogP contribution is 2.48. The number of nitrogens with one attached hydrogen (secondary N) is 4. The number of aromatic amines is 2. The average Bonchev–Trinajstić information content (AvgIpc) is 4.12. The standard InChI is InChI=1S/C46H54N10O6/c1-25(2)39(52-45(59)60)43(57)54-20-6-8-37(54)41-48-31-16-12-28(22-33(31)50-41)35-18-19-36(56(35)30-14-10-27(24-47)11-15-30)29-13-17-32-34(23-29)51-42(49-32)38-9-7-21-55(38)44(58)40(26(3)4)53-46(61)62-5/h10-17,22-23,25-26,35-40,52H,6-9,18-21H2,1-5H3,(H,48,50)(H,49,51)(H,53,61)(H,59,60)/t35-,36-,37+,38+,39+,40+/m1/s1. The molecule has 5 N–H and O–H groups in total. The second-order valence-corrected chi connectivity index (χ2v) is 17.4. The highest BCUT2D eigenvalue weighted by atomic mass is 16.5. The Balaban J connectivity index is 1.07. The highest BCUT2D eigenvalue weighted by Gasteiger charge is 2.40. The van der Waals surface area contributed by atoms with Gasteiger partial charge in [0.2, 0.25) is 11.8 Å². The van der Waals surface area contributed by atoms with Crippen molar-refractivity contribution in [3.05, 3.63) is 89.0 Å². The van der Waals surface area contributed by atoms with Crippen molar-refractivity contribution in [2.75, 3.05) is 25.1 Å². The number of nitriles is 1. The third-order valence-electron chi connectivity index (χ3n) is 12.8. The van der Waals surface area contributed by atoms with Crippen LogP contribution in [0.2, 0.25) is 0 Å². The molecule has 16 nitrogen and oxygen atoms in total. The summed E-state index contributed by atoms with van der Waals surface area (Å²) in [5.41, 5.74) is 7.07. The van der Waals surface area contributed by atoms with Crippen molar-refractivity contribution in [1.82, 2.24) is 40.4 Å².